The van der Waals surface area contributed by atoms with Crippen LogP contribution in [0.25, 0.3) is 6.08 Å². The van der Waals surface area contributed by atoms with Gasteiger partial charge in [0.2, 0.25) is 6.10 Å². The van der Waals surface area contributed by atoms with Crippen molar-refractivity contribution in [3.63, 3.8) is 0 Å². The number of rotatable bonds is 6. The second-order valence-electron chi connectivity index (χ2n) is 4.86. The first-order chi connectivity index (χ1) is 11.6. The lowest BCUT2D eigenvalue weighted by atomic mass is 10.1. The van der Waals surface area contributed by atoms with Gasteiger partial charge in [0, 0.05) is 11.6 Å². The van der Waals surface area contributed by atoms with Crippen molar-refractivity contribution in [1.29, 1.82) is 0 Å². The first-order valence-corrected chi connectivity index (χ1v) is 7.29. The lowest BCUT2D eigenvalue weighted by Gasteiger charge is -2.14. The Balaban J connectivity index is 2.10. The lowest BCUT2D eigenvalue weighted by Crippen LogP contribution is -2.20. The van der Waals surface area contributed by atoms with Crippen LogP contribution in [0.3, 0.4) is 0 Å². The molecule has 0 heterocycles. The number of esters is 2. The predicted molar refractivity (Wildman–Crippen MR) is 89.3 cm³/mol. The van der Waals surface area contributed by atoms with E-state index in [-0.39, 0.29) is 0 Å². The Kier molecular flexibility index (Phi) is 6.14. The molecule has 1 atom stereocenters. The van der Waals surface area contributed by atoms with Gasteiger partial charge < -0.3 is 14.2 Å². The minimum absolute atomic E-state index is 0.549. The molecule has 0 saturated heterocycles. The minimum Gasteiger partial charge on any atom is -0.497 e. The van der Waals surface area contributed by atoms with Crippen molar-refractivity contribution in [2.24, 2.45) is 0 Å². The van der Waals surface area contributed by atoms with Crippen LogP contribution in [0.4, 0.5) is 0 Å². The zero-order valence-corrected chi connectivity index (χ0v) is 13.5. The number of carbonyl (C=O) groups is 2. The molecule has 1 unspecified atom stereocenters. The molecular weight excluding hydrogens is 308 g/mol. The Morgan fingerprint density at radius 2 is 1.75 bits per heavy atom. The molecule has 0 aromatic heterocycles. The van der Waals surface area contributed by atoms with Crippen LogP contribution in [0.2, 0.25) is 0 Å². The Bertz CT molecular complexity index is 722. The standard InChI is InChI=1S/C19H18O5/c1-22-16-10-6-7-14(13-16)11-12-17(20)24-18(19(21)23-2)15-8-4-3-5-9-15/h3-13,18H,1-2H3/b12-11+. The molecule has 0 bridgehead atoms. The highest BCUT2D eigenvalue weighted by Crippen LogP contribution is 2.19. The van der Waals surface area contributed by atoms with Crippen LogP contribution in [-0.2, 0) is 19.1 Å². The second kappa shape index (κ2) is 8.53. The molecule has 0 aliphatic rings. The summed E-state index contributed by atoms with van der Waals surface area (Å²) < 4.78 is 15.1. The number of hydrogen-bond donors (Lipinski definition) is 0. The van der Waals surface area contributed by atoms with Crippen molar-refractivity contribution in [2.75, 3.05) is 14.2 Å². The summed E-state index contributed by atoms with van der Waals surface area (Å²) in [5.74, 6) is -0.594. The molecule has 5 nitrogen and oxygen atoms in total. The van der Waals surface area contributed by atoms with Crippen molar-refractivity contribution in [2.45, 2.75) is 6.10 Å². The summed E-state index contributed by atoms with van der Waals surface area (Å²) >= 11 is 0. The average molecular weight is 326 g/mol. The van der Waals surface area contributed by atoms with Crippen LogP contribution >= 0.6 is 0 Å². The van der Waals surface area contributed by atoms with Crippen molar-refractivity contribution in [1.82, 2.24) is 0 Å². The number of methoxy groups -OCH3 is 2. The topological polar surface area (TPSA) is 61.8 Å². The van der Waals surface area contributed by atoms with Crippen LogP contribution in [0.1, 0.15) is 17.2 Å². The SMILES string of the molecule is COC(=O)C(OC(=O)/C=C/c1cccc(OC)c1)c1ccccc1. The minimum atomic E-state index is -1.10. The molecule has 0 spiro atoms. The molecule has 0 fully saturated rings. The van der Waals surface area contributed by atoms with Gasteiger partial charge in [-0.05, 0) is 23.8 Å². The molecule has 0 radical (unpaired) electrons. The van der Waals surface area contributed by atoms with E-state index < -0.39 is 18.0 Å². The van der Waals surface area contributed by atoms with E-state index in [1.165, 1.54) is 13.2 Å². The summed E-state index contributed by atoms with van der Waals surface area (Å²) in [6, 6.07) is 15.9. The van der Waals surface area contributed by atoms with Crippen LogP contribution in [0.5, 0.6) is 5.75 Å². The molecule has 2 aromatic rings. The van der Waals surface area contributed by atoms with Crippen molar-refractivity contribution in [3.05, 3.63) is 71.8 Å². The summed E-state index contributed by atoms with van der Waals surface area (Å²) in [6.45, 7) is 0. The number of benzene rings is 2. The molecule has 124 valence electrons. The van der Waals surface area contributed by atoms with E-state index in [1.54, 1.807) is 49.6 Å². The lowest BCUT2D eigenvalue weighted by molar-refractivity contribution is -0.163. The molecular formula is C19H18O5. The highest BCUT2D eigenvalue weighted by atomic mass is 16.6. The van der Waals surface area contributed by atoms with Crippen molar-refractivity contribution in [3.8, 4) is 5.75 Å². The quantitative estimate of drug-likeness (QED) is 0.603. The molecule has 5 heteroatoms. The fraction of sp³-hybridized carbons (Fsp3) is 0.158. The van der Waals surface area contributed by atoms with Crippen LogP contribution in [0, 0.1) is 0 Å². The first-order valence-electron chi connectivity index (χ1n) is 7.29. The van der Waals surface area contributed by atoms with Gasteiger partial charge in [-0.25, -0.2) is 9.59 Å². The summed E-state index contributed by atoms with van der Waals surface area (Å²) in [5.41, 5.74) is 1.33. The van der Waals surface area contributed by atoms with Crippen LogP contribution in [0.15, 0.2) is 60.7 Å². The molecule has 24 heavy (non-hydrogen) atoms. The van der Waals surface area contributed by atoms with E-state index in [2.05, 4.69) is 0 Å². The van der Waals surface area contributed by atoms with Crippen LogP contribution < -0.4 is 4.74 Å². The zero-order valence-electron chi connectivity index (χ0n) is 13.5. The summed E-state index contributed by atoms with van der Waals surface area (Å²) in [7, 11) is 2.82. The highest BCUT2D eigenvalue weighted by Gasteiger charge is 2.24. The maximum Gasteiger partial charge on any atom is 0.351 e. The van der Waals surface area contributed by atoms with Gasteiger partial charge in [-0.3, -0.25) is 0 Å². The van der Waals surface area contributed by atoms with Crippen LogP contribution in [-0.4, -0.2) is 26.2 Å². The Morgan fingerprint density at radius 1 is 1.00 bits per heavy atom. The molecule has 2 rings (SSSR count). The fourth-order valence-corrected chi connectivity index (χ4v) is 2.05. The van der Waals surface area contributed by atoms with Gasteiger partial charge in [-0.2, -0.15) is 0 Å². The maximum atomic E-state index is 12.0. The van der Waals surface area contributed by atoms with E-state index in [0.717, 1.165) is 5.56 Å². The molecule has 0 N–H and O–H groups in total. The smallest absolute Gasteiger partial charge is 0.351 e. The van der Waals surface area contributed by atoms with Gasteiger partial charge in [-0.1, -0.05) is 42.5 Å². The second-order valence-corrected chi connectivity index (χ2v) is 4.86. The third kappa shape index (κ3) is 4.71. The Labute approximate surface area is 140 Å². The molecule has 0 saturated carbocycles. The van der Waals surface area contributed by atoms with E-state index in [9.17, 15) is 9.59 Å². The van der Waals surface area contributed by atoms with Gasteiger partial charge in [-0.15, -0.1) is 0 Å². The maximum absolute atomic E-state index is 12.0. The van der Waals surface area contributed by atoms with E-state index in [4.69, 9.17) is 14.2 Å². The summed E-state index contributed by atoms with van der Waals surface area (Å²) in [4.78, 5) is 23.9. The van der Waals surface area contributed by atoms with Gasteiger partial charge in [0.15, 0.2) is 0 Å². The van der Waals surface area contributed by atoms with Gasteiger partial charge in [0.1, 0.15) is 5.75 Å². The largest absolute Gasteiger partial charge is 0.497 e. The molecule has 2 aromatic carbocycles. The number of hydrogen-bond acceptors (Lipinski definition) is 5. The predicted octanol–water partition coefficient (Wildman–Crippen LogP) is 3.17. The average Bonchev–Trinajstić information content (AvgIpc) is 2.64. The molecule has 0 aliphatic heterocycles. The molecule has 0 aliphatic carbocycles. The van der Waals surface area contributed by atoms with Gasteiger partial charge in [0.05, 0.1) is 14.2 Å². The third-order valence-corrected chi connectivity index (χ3v) is 3.26. The zero-order chi connectivity index (χ0) is 17.4. The first kappa shape index (κ1) is 17.3. The normalized spacial score (nSPS) is 11.8. The monoisotopic (exact) mass is 326 g/mol. The van der Waals surface area contributed by atoms with Crippen molar-refractivity contribution >= 4 is 18.0 Å². The van der Waals surface area contributed by atoms with Gasteiger partial charge in [0.25, 0.3) is 0 Å². The van der Waals surface area contributed by atoms with E-state index >= 15 is 0 Å². The highest BCUT2D eigenvalue weighted by molar-refractivity contribution is 5.89. The molecule has 0 amide bonds. The Morgan fingerprint density at radius 3 is 2.42 bits per heavy atom. The summed E-state index contributed by atoms with van der Waals surface area (Å²) in [6.07, 6.45) is 1.75. The Hall–Kier alpha value is -3.08. The van der Waals surface area contributed by atoms with E-state index in [1.807, 2.05) is 18.2 Å². The fourth-order valence-electron chi connectivity index (χ4n) is 2.05. The number of carbonyl (C=O) groups excluding carboxylic acids is 2. The number of ether oxygens (including phenoxy) is 3. The van der Waals surface area contributed by atoms with Gasteiger partial charge >= 0.3 is 11.9 Å². The third-order valence-electron chi connectivity index (χ3n) is 3.26. The van der Waals surface area contributed by atoms with E-state index in [0.29, 0.717) is 11.3 Å². The van der Waals surface area contributed by atoms with Crippen molar-refractivity contribution < 1.29 is 23.8 Å². The summed E-state index contributed by atoms with van der Waals surface area (Å²) in [5, 5.41) is 0.